The highest BCUT2D eigenvalue weighted by Crippen LogP contribution is 2.37. The molecular weight excluding hydrogens is 538 g/mol. The van der Waals surface area contributed by atoms with Crippen LogP contribution in [0, 0.1) is 0 Å². The van der Waals surface area contributed by atoms with Crippen LogP contribution in [-0.4, -0.2) is 57.1 Å². The number of rotatable bonds is 6. The van der Waals surface area contributed by atoms with Crippen molar-refractivity contribution in [2.24, 2.45) is 0 Å². The van der Waals surface area contributed by atoms with Crippen LogP contribution in [0.15, 0.2) is 94.9 Å². The summed E-state index contributed by atoms with van der Waals surface area (Å²) < 4.78 is 53.1. The summed E-state index contributed by atoms with van der Waals surface area (Å²) in [5.41, 5.74) is 0.00693. The van der Waals surface area contributed by atoms with Crippen LogP contribution in [-0.2, 0) is 25.5 Å². The van der Waals surface area contributed by atoms with Crippen LogP contribution in [0.5, 0.6) is 0 Å². The van der Waals surface area contributed by atoms with E-state index in [0.29, 0.717) is 27.7 Å². The number of anilines is 1. The standard InChI is InChI=1S/C28H27N3O6S2/c1-38(34,35)24-9-3-2-8-23(24)28(33)15-18-31(19-16-28)27(32)21-11-13-22(14-12-21)30-39(36,37)25-10-4-6-20-7-5-17-29-26(20)25/h2-14,17,30,33H,15-16,18-19H2,1H3. The molecule has 0 atom stereocenters. The summed E-state index contributed by atoms with van der Waals surface area (Å²) in [5.74, 6) is -0.263. The molecule has 3 aromatic carbocycles. The highest BCUT2D eigenvalue weighted by atomic mass is 32.2. The number of piperidine rings is 1. The summed E-state index contributed by atoms with van der Waals surface area (Å²) in [6.07, 6.45) is 3.01. The number of sulfone groups is 1. The molecule has 2 N–H and O–H groups in total. The number of sulfonamides is 1. The van der Waals surface area contributed by atoms with Gasteiger partial charge < -0.3 is 10.0 Å². The van der Waals surface area contributed by atoms with Gasteiger partial charge >= 0.3 is 0 Å². The van der Waals surface area contributed by atoms with Crippen molar-refractivity contribution in [2.75, 3.05) is 24.1 Å². The maximum atomic E-state index is 13.1. The lowest BCUT2D eigenvalue weighted by Crippen LogP contribution is -2.45. The summed E-state index contributed by atoms with van der Waals surface area (Å²) in [7, 11) is -7.46. The lowest BCUT2D eigenvalue weighted by atomic mass is 9.84. The average Bonchev–Trinajstić information content (AvgIpc) is 2.92. The molecule has 11 heteroatoms. The average molecular weight is 566 g/mol. The van der Waals surface area contributed by atoms with Crippen molar-refractivity contribution in [2.45, 2.75) is 28.2 Å². The molecule has 2 heterocycles. The lowest BCUT2D eigenvalue weighted by Gasteiger charge is -2.39. The minimum absolute atomic E-state index is 0.0546. The molecule has 5 rings (SSSR count). The number of carbonyl (C=O) groups is 1. The van der Waals surface area contributed by atoms with Gasteiger partial charge in [0.2, 0.25) is 0 Å². The zero-order valence-corrected chi connectivity index (χ0v) is 22.7. The number of benzene rings is 3. The monoisotopic (exact) mass is 565 g/mol. The van der Waals surface area contributed by atoms with Gasteiger partial charge in [0.1, 0.15) is 4.90 Å². The molecule has 4 aromatic rings. The Morgan fingerprint density at radius 2 is 1.51 bits per heavy atom. The Labute approximate surface area is 227 Å². The number of nitrogens with zero attached hydrogens (tertiary/aromatic N) is 2. The van der Waals surface area contributed by atoms with Crippen molar-refractivity contribution in [1.82, 2.24) is 9.88 Å². The first-order valence-corrected chi connectivity index (χ1v) is 15.6. The number of hydrogen-bond donors (Lipinski definition) is 2. The van der Waals surface area contributed by atoms with Gasteiger partial charge in [0.05, 0.1) is 16.0 Å². The van der Waals surface area contributed by atoms with Gasteiger partial charge in [0, 0.05) is 47.7 Å². The zero-order chi connectivity index (χ0) is 27.8. The van der Waals surface area contributed by atoms with Crippen LogP contribution in [0.2, 0.25) is 0 Å². The minimum atomic E-state index is -3.93. The predicted octanol–water partition coefficient (Wildman–Crippen LogP) is 3.56. The number of nitrogens with one attached hydrogen (secondary N) is 1. The van der Waals surface area contributed by atoms with Gasteiger partial charge in [-0.2, -0.15) is 0 Å². The second-order valence-electron chi connectivity index (χ2n) is 9.61. The van der Waals surface area contributed by atoms with Gasteiger partial charge in [-0.15, -0.1) is 0 Å². The summed E-state index contributed by atoms with van der Waals surface area (Å²) in [4.78, 5) is 19.1. The molecule has 0 spiro atoms. The molecule has 1 saturated heterocycles. The van der Waals surface area contributed by atoms with E-state index in [1.54, 1.807) is 59.5 Å². The highest BCUT2D eigenvalue weighted by Gasteiger charge is 2.38. The first-order chi connectivity index (χ1) is 18.5. The highest BCUT2D eigenvalue weighted by molar-refractivity contribution is 7.93. The second-order valence-corrected chi connectivity index (χ2v) is 13.2. The van der Waals surface area contributed by atoms with Crippen molar-refractivity contribution < 1.29 is 26.7 Å². The van der Waals surface area contributed by atoms with Crippen LogP contribution >= 0.6 is 0 Å². The van der Waals surface area contributed by atoms with Crippen molar-refractivity contribution in [3.05, 3.63) is 96.2 Å². The zero-order valence-electron chi connectivity index (χ0n) is 21.1. The molecule has 1 fully saturated rings. The van der Waals surface area contributed by atoms with Gasteiger partial charge in [-0.1, -0.05) is 36.4 Å². The van der Waals surface area contributed by atoms with Crippen LogP contribution in [0.3, 0.4) is 0 Å². The van der Waals surface area contributed by atoms with E-state index >= 15 is 0 Å². The van der Waals surface area contributed by atoms with E-state index in [9.17, 15) is 26.7 Å². The molecule has 9 nitrogen and oxygen atoms in total. The number of carbonyl (C=O) groups excluding carboxylic acids is 1. The first kappa shape index (κ1) is 26.8. The van der Waals surface area contributed by atoms with Gasteiger partial charge in [0.25, 0.3) is 15.9 Å². The van der Waals surface area contributed by atoms with Crippen molar-refractivity contribution in [3.63, 3.8) is 0 Å². The Bertz CT molecular complexity index is 1760. The van der Waals surface area contributed by atoms with Gasteiger partial charge in [0.15, 0.2) is 9.84 Å². The molecule has 1 amide bonds. The number of amides is 1. The van der Waals surface area contributed by atoms with Crippen molar-refractivity contribution in [3.8, 4) is 0 Å². The number of likely N-dealkylation sites (tertiary alicyclic amines) is 1. The molecule has 0 bridgehead atoms. The number of aliphatic hydroxyl groups is 1. The predicted molar refractivity (Wildman–Crippen MR) is 148 cm³/mol. The molecule has 0 saturated carbocycles. The second kappa shape index (κ2) is 10.1. The molecular formula is C28H27N3O6S2. The molecule has 1 aliphatic heterocycles. The van der Waals surface area contributed by atoms with E-state index in [4.69, 9.17) is 0 Å². The summed E-state index contributed by atoms with van der Waals surface area (Å²) in [6.45, 7) is 0.464. The quantitative estimate of drug-likeness (QED) is 0.365. The van der Waals surface area contributed by atoms with Crippen LogP contribution in [0.25, 0.3) is 10.9 Å². The van der Waals surface area contributed by atoms with Gasteiger partial charge in [-0.25, -0.2) is 16.8 Å². The number of hydrogen-bond acceptors (Lipinski definition) is 7. The lowest BCUT2D eigenvalue weighted by molar-refractivity contribution is -0.0232. The maximum Gasteiger partial charge on any atom is 0.264 e. The van der Waals surface area contributed by atoms with E-state index < -0.39 is 25.5 Å². The number of aromatic nitrogens is 1. The van der Waals surface area contributed by atoms with Gasteiger partial charge in [-0.3, -0.25) is 14.5 Å². The Kier molecular flexibility index (Phi) is 6.91. The maximum absolute atomic E-state index is 13.1. The minimum Gasteiger partial charge on any atom is -0.385 e. The van der Waals surface area contributed by atoms with Crippen LogP contribution in [0.4, 0.5) is 5.69 Å². The largest absolute Gasteiger partial charge is 0.385 e. The summed E-state index contributed by atoms with van der Waals surface area (Å²) in [6, 6.07) is 21.0. The third-order valence-electron chi connectivity index (χ3n) is 6.93. The topological polar surface area (TPSA) is 134 Å². The number of para-hydroxylation sites is 1. The number of pyridine rings is 1. The molecule has 1 aromatic heterocycles. The molecule has 39 heavy (non-hydrogen) atoms. The molecule has 0 aliphatic carbocycles. The van der Waals surface area contributed by atoms with E-state index in [2.05, 4.69) is 9.71 Å². The van der Waals surface area contributed by atoms with Crippen molar-refractivity contribution >= 4 is 42.4 Å². The van der Waals surface area contributed by atoms with E-state index in [1.807, 2.05) is 0 Å². The fourth-order valence-corrected chi connectivity index (χ4v) is 7.11. The molecule has 0 radical (unpaired) electrons. The summed E-state index contributed by atoms with van der Waals surface area (Å²) >= 11 is 0. The van der Waals surface area contributed by atoms with Crippen LogP contribution in [0.1, 0.15) is 28.8 Å². The SMILES string of the molecule is CS(=O)(=O)c1ccccc1C1(O)CCN(C(=O)c2ccc(NS(=O)(=O)c3cccc4cccnc34)cc2)CC1. The Hall–Kier alpha value is -3.80. The molecule has 0 unspecified atom stereocenters. The molecule has 202 valence electrons. The Morgan fingerprint density at radius 3 is 2.21 bits per heavy atom. The van der Waals surface area contributed by atoms with Crippen LogP contribution < -0.4 is 4.72 Å². The van der Waals surface area contributed by atoms with Crippen molar-refractivity contribution in [1.29, 1.82) is 0 Å². The molecule has 1 aliphatic rings. The first-order valence-electron chi connectivity index (χ1n) is 12.3. The third-order valence-corrected chi connectivity index (χ3v) is 9.50. The van der Waals surface area contributed by atoms with E-state index in [-0.39, 0.29) is 41.6 Å². The van der Waals surface area contributed by atoms with E-state index in [1.165, 1.54) is 30.5 Å². The number of fused-ring (bicyclic) bond motifs is 1. The Balaban J connectivity index is 1.28. The smallest absolute Gasteiger partial charge is 0.264 e. The van der Waals surface area contributed by atoms with E-state index in [0.717, 1.165) is 6.26 Å². The van der Waals surface area contributed by atoms with Gasteiger partial charge in [-0.05, 0) is 55.3 Å². The normalized spacial score (nSPS) is 15.7. The fraction of sp³-hybridized carbons (Fsp3) is 0.214. The Morgan fingerprint density at radius 1 is 0.872 bits per heavy atom. The fourth-order valence-electron chi connectivity index (χ4n) is 4.89. The summed E-state index contributed by atoms with van der Waals surface area (Å²) in [5, 5.41) is 12.0. The third kappa shape index (κ3) is 5.38.